The average Bonchev–Trinajstić information content (AvgIpc) is 2.40. The van der Waals surface area contributed by atoms with Crippen molar-refractivity contribution in [2.45, 2.75) is 32.4 Å². The molecule has 0 bridgehead atoms. The Morgan fingerprint density at radius 3 is 2.59 bits per heavy atom. The topological polar surface area (TPSA) is 21.3 Å². The molecular weight excluding hydrogens is 230 g/mol. The molecule has 0 amide bonds. The van der Waals surface area contributed by atoms with E-state index in [1.165, 1.54) is 29.9 Å². The summed E-state index contributed by atoms with van der Waals surface area (Å²) >= 11 is 2.07. The Bertz CT molecular complexity index is 319. The smallest absolute Gasteiger partial charge is 0.119 e. The second-order valence-corrected chi connectivity index (χ2v) is 5.57. The van der Waals surface area contributed by atoms with Crippen molar-refractivity contribution in [2.75, 3.05) is 18.1 Å². The average molecular weight is 251 g/mol. The molecule has 2 nitrogen and oxygen atoms in total. The number of hydrogen-bond donors (Lipinski definition) is 1. The molecule has 17 heavy (non-hydrogen) atoms. The van der Waals surface area contributed by atoms with Crippen LogP contribution in [-0.2, 0) is 6.54 Å². The van der Waals surface area contributed by atoms with E-state index in [4.69, 9.17) is 4.74 Å². The lowest BCUT2D eigenvalue weighted by Gasteiger charge is -2.22. The van der Waals surface area contributed by atoms with Crippen molar-refractivity contribution in [3.63, 3.8) is 0 Å². The summed E-state index contributed by atoms with van der Waals surface area (Å²) in [6.07, 6.45) is 2.61. The minimum atomic E-state index is 0.711. The van der Waals surface area contributed by atoms with Crippen molar-refractivity contribution in [3.8, 4) is 5.75 Å². The maximum atomic E-state index is 5.43. The standard InChI is InChI=1S/C14H21NOS/c1-2-16-14-5-3-12(4-6-14)11-15-13-7-9-17-10-8-13/h3-6,13,15H,2,7-11H2,1H3. The van der Waals surface area contributed by atoms with Crippen LogP contribution in [0.5, 0.6) is 5.75 Å². The summed E-state index contributed by atoms with van der Waals surface area (Å²) in [6.45, 7) is 3.72. The third-order valence-corrected chi connectivity index (χ3v) is 4.10. The number of nitrogens with one attached hydrogen (secondary N) is 1. The Morgan fingerprint density at radius 2 is 1.94 bits per heavy atom. The molecule has 1 saturated heterocycles. The van der Waals surface area contributed by atoms with Gasteiger partial charge in [0.2, 0.25) is 0 Å². The highest BCUT2D eigenvalue weighted by molar-refractivity contribution is 7.99. The normalized spacial score (nSPS) is 17.0. The molecule has 2 rings (SSSR count). The molecule has 0 spiro atoms. The van der Waals surface area contributed by atoms with Crippen LogP contribution in [0.3, 0.4) is 0 Å². The van der Waals surface area contributed by atoms with Crippen LogP contribution in [0.1, 0.15) is 25.3 Å². The van der Waals surface area contributed by atoms with Crippen molar-refractivity contribution in [1.29, 1.82) is 0 Å². The second kappa shape index (κ2) is 6.92. The van der Waals surface area contributed by atoms with Crippen LogP contribution in [0, 0.1) is 0 Å². The quantitative estimate of drug-likeness (QED) is 0.869. The number of ether oxygens (including phenoxy) is 1. The zero-order valence-corrected chi connectivity index (χ0v) is 11.3. The summed E-state index contributed by atoms with van der Waals surface area (Å²) in [5.41, 5.74) is 1.34. The van der Waals surface area contributed by atoms with E-state index in [1.807, 2.05) is 6.92 Å². The molecular formula is C14H21NOS. The Kier molecular flexibility index (Phi) is 5.20. The first-order chi connectivity index (χ1) is 8.38. The molecule has 94 valence electrons. The van der Waals surface area contributed by atoms with E-state index in [1.54, 1.807) is 0 Å². The number of rotatable bonds is 5. The van der Waals surface area contributed by atoms with Gasteiger partial charge in [-0.15, -0.1) is 0 Å². The zero-order chi connectivity index (χ0) is 11.9. The first-order valence-electron chi connectivity index (χ1n) is 6.41. The van der Waals surface area contributed by atoms with E-state index >= 15 is 0 Å². The maximum absolute atomic E-state index is 5.43. The zero-order valence-electron chi connectivity index (χ0n) is 10.4. The summed E-state index contributed by atoms with van der Waals surface area (Å²) in [7, 11) is 0. The van der Waals surface area contributed by atoms with Gasteiger partial charge in [-0.3, -0.25) is 0 Å². The minimum Gasteiger partial charge on any atom is -0.494 e. The fourth-order valence-corrected chi connectivity index (χ4v) is 3.14. The Labute approximate surface area is 108 Å². The fraction of sp³-hybridized carbons (Fsp3) is 0.571. The van der Waals surface area contributed by atoms with Gasteiger partial charge in [-0.25, -0.2) is 0 Å². The summed E-state index contributed by atoms with van der Waals surface area (Å²) in [5, 5.41) is 3.64. The number of benzene rings is 1. The predicted octanol–water partition coefficient (Wildman–Crippen LogP) is 3.07. The largest absolute Gasteiger partial charge is 0.494 e. The van der Waals surface area contributed by atoms with Crippen LogP contribution >= 0.6 is 11.8 Å². The molecule has 0 saturated carbocycles. The van der Waals surface area contributed by atoms with Crippen molar-refractivity contribution in [3.05, 3.63) is 29.8 Å². The van der Waals surface area contributed by atoms with Gasteiger partial charge in [0.1, 0.15) is 5.75 Å². The molecule has 0 atom stereocenters. The summed E-state index contributed by atoms with van der Waals surface area (Å²) < 4.78 is 5.43. The van der Waals surface area contributed by atoms with Crippen molar-refractivity contribution in [1.82, 2.24) is 5.32 Å². The molecule has 0 unspecified atom stereocenters. The maximum Gasteiger partial charge on any atom is 0.119 e. The second-order valence-electron chi connectivity index (χ2n) is 4.34. The van der Waals surface area contributed by atoms with Gasteiger partial charge in [0.15, 0.2) is 0 Å². The first kappa shape index (κ1) is 12.8. The molecule has 3 heteroatoms. The summed E-state index contributed by atoms with van der Waals surface area (Å²) in [6, 6.07) is 9.11. The van der Waals surface area contributed by atoms with Gasteiger partial charge in [0.25, 0.3) is 0 Å². The molecule has 0 aliphatic carbocycles. The van der Waals surface area contributed by atoms with Crippen LogP contribution < -0.4 is 10.1 Å². The Hall–Kier alpha value is -0.670. The van der Waals surface area contributed by atoms with Gasteiger partial charge in [-0.05, 0) is 49.0 Å². The van der Waals surface area contributed by atoms with E-state index < -0.39 is 0 Å². The Balaban J connectivity index is 1.77. The summed E-state index contributed by atoms with van der Waals surface area (Å²) in [4.78, 5) is 0. The van der Waals surface area contributed by atoms with Crippen LogP contribution in [0.25, 0.3) is 0 Å². The molecule has 1 aliphatic rings. The lowest BCUT2D eigenvalue weighted by Crippen LogP contribution is -2.31. The first-order valence-corrected chi connectivity index (χ1v) is 7.57. The molecule has 1 aromatic carbocycles. The van der Waals surface area contributed by atoms with Crippen LogP contribution in [0.15, 0.2) is 24.3 Å². The van der Waals surface area contributed by atoms with Gasteiger partial charge in [0, 0.05) is 12.6 Å². The van der Waals surface area contributed by atoms with Gasteiger partial charge in [-0.2, -0.15) is 11.8 Å². The molecule has 1 aromatic rings. The van der Waals surface area contributed by atoms with E-state index in [0.29, 0.717) is 6.04 Å². The van der Waals surface area contributed by atoms with E-state index in [9.17, 15) is 0 Å². The van der Waals surface area contributed by atoms with E-state index in [-0.39, 0.29) is 0 Å². The SMILES string of the molecule is CCOc1ccc(CNC2CCSCC2)cc1. The predicted molar refractivity (Wildman–Crippen MR) is 74.8 cm³/mol. The van der Waals surface area contributed by atoms with Gasteiger partial charge in [0.05, 0.1) is 6.61 Å². The molecule has 0 radical (unpaired) electrons. The lowest BCUT2D eigenvalue weighted by molar-refractivity contribution is 0.340. The number of hydrogen-bond acceptors (Lipinski definition) is 3. The third kappa shape index (κ3) is 4.25. The van der Waals surface area contributed by atoms with E-state index in [0.717, 1.165) is 18.9 Å². The minimum absolute atomic E-state index is 0.711. The van der Waals surface area contributed by atoms with Gasteiger partial charge >= 0.3 is 0 Å². The number of thioether (sulfide) groups is 1. The molecule has 1 N–H and O–H groups in total. The van der Waals surface area contributed by atoms with Crippen LogP contribution in [0.2, 0.25) is 0 Å². The van der Waals surface area contributed by atoms with Gasteiger partial charge in [-0.1, -0.05) is 12.1 Å². The summed E-state index contributed by atoms with van der Waals surface area (Å²) in [5.74, 6) is 3.58. The van der Waals surface area contributed by atoms with Gasteiger partial charge < -0.3 is 10.1 Å². The molecule has 1 fully saturated rings. The highest BCUT2D eigenvalue weighted by atomic mass is 32.2. The Morgan fingerprint density at radius 1 is 1.24 bits per heavy atom. The third-order valence-electron chi connectivity index (χ3n) is 3.05. The highest BCUT2D eigenvalue weighted by Crippen LogP contribution is 2.18. The molecule has 0 aromatic heterocycles. The van der Waals surface area contributed by atoms with E-state index in [2.05, 4.69) is 41.3 Å². The molecule has 1 heterocycles. The van der Waals surface area contributed by atoms with Crippen LogP contribution in [0.4, 0.5) is 0 Å². The van der Waals surface area contributed by atoms with Crippen molar-refractivity contribution < 1.29 is 4.74 Å². The fourth-order valence-electron chi connectivity index (χ4n) is 2.03. The van der Waals surface area contributed by atoms with Crippen molar-refractivity contribution >= 4 is 11.8 Å². The monoisotopic (exact) mass is 251 g/mol. The highest BCUT2D eigenvalue weighted by Gasteiger charge is 2.12. The molecule has 1 aliphatic heterocycles. The van der Waals surface area contributed by atoms with Crippen LogP contribution in [-0.4, -0.2) is 24.2 Å². The lowest BCUT2D eigenvalue weighted by atomic mass is 10.1. The van der Waals surface area contributed by atoms with Crippen molar-refractivity contribution in [2.24, 2.45) is 0 Å².